The highest BCUT2D eigenvalue weighted by molar-refractivity contribution is 5.97. The van der Waals surface area contributed by atoms with Crippen LogP contribution in [0.5, 0.6) is 5.75 Å². The van der Waals surface area contributed by atoms with Gasteiger partial charge >= 0.3 is 5.97 Å². The van der Waals surface area contributed by atoms with Crippen molar-refractivity contribution in [2.75, 3.05) is 11.9 Å². The zero-order valence-corrected chi connectivity index (χ0v) is 18.1. The molecule has 0 bridgehead atoms. The van der Waals surface area contributed by atoms with Gasteiger partial charge in [0.15, 0.2) is 6.61 Å². The molecule has 3 aromatic rings. The van der Waals surface area contributed by atoms with Crippen LogP contribution in [0.25, 0.3) is 0 Å². The molecular weight excluding hydrogens is 390 g/mol. The Labute approximate surface area is 183 Å². The fourth-order valence-electron chi connectivity index (χ4n) is 3.31. The fourth-order valence-corrected chi connectivity index (χ4v) is 3.31. The smallest absolute Gasteiger partial charge is 0.342 e. The van der Waals surface area contributed by atoms with E-state index in [-0.39, 0.29) is 18.1 Å². The molecule has 5 nitrogen and oxygen atoms in total. The lowest BCUT2D eigenvalue weighted by Gasteiger charge is -2.14. The predicted octanol–water partition coefficient (Wildman–Crippen LogP) is 5.24. The first-order valence-corrected chi connectivity index (χ1v) is 10.3. The topological polar surface area (TPSA) is 64.6 Å². The van der Waals surface area contributed by atoms with Gasteiger partial charge in [-0.2, -0.15) is 0 Å². The van der Waals surface area contributed by atoms with Crippen LogP contribution in [0.1, 0.15) is 39.5 Å². The van der Waals surface area contributed by atoms with Crippen LogP contribution in [0.4, 0.5) is 5.69 Å². The zero-order valence-electron chi connectivity index (χ0n) is 18.1. The lowest BCUT2D eigenvalue weighted by atomic mass is 10.1. The summed E-state index contributed by atoms with van der Waals surface area (Å²) in [4.78, 5) is 25.0. The van der Waals surface area contributed by atoms with Gasteiger partial charge in [0.2, 0.25) is 0 Å². The highest BCUT2D eigenvalue weighted by Gasteiger charge is 2.16. The van der Waals surface area contributed by atoms with Crippen molar-refractivity contribution >= 4 is 17.6 Å². The molecule has 0 radical (unpaired) electrons. The van der Waals surface area contributed by atoms with Crippen LogP contribution in [0.2, 0.25) is 0 Å². The van der Waals surface area contributed by atoms with E-state index < -0.39 is 5.97 Å². The molecular formula is C26H27NO4. The zero-order chi connectivity index (χ0) is 22.2. The van der Waals surface area contributed by atoms with Crippen LogP contribution < -0.4 is 10.1 Å². The number of aryl methyl sites for hydroxylation is 3. The van der Waals surface area contributed by atoms with E-state index in [1.165, 1.54) is 0 Å². The normalized spacial score (nSPS) is 10.4. The number of carbonyl (C=O) groups is 2. The van der Waals surface area contributed by atoms with Gasteiger partial charge in [-0.05, 0) is 49.1 Å². The number of benzene rings is 3. The minimum atomic E-state index is -0.601. The lowest BCUT2D eigenvalue weighted by molar-refractivity contribution is -0.119. The number of hydrogen-bond acceptors (Lipinski definition) is 4. The number of amides is 1. The van der Waals surface area contributed by atoms with Gasteiger partial charge in [0.05, 0.1) is 0 Å². The summed E-state index contributed by atoms with van der Waals surface area (Å²) in [5.41, 5.74) is 5.21. The Morgan fingerprint density at radius 1 is 0.935 bits per heavy atom. The maximum atomic E-state index is 12.6. The summed E-state index contributed by atoms with van der Waals surface area (Å²) in [6.07, 6.45) is 0.794. The lowest BCUT2D eigenvalue weighted by Crippen LogP contribution is -2.22. The molecule has 0 aliphatic carbocycles. The monoisotopic (exact) mass is 417 g/mol. The molecule has 1 N–H and O–H groups in total. The molecule has 0 aliphatic heterocycles. The second kappa shape index (κ2) is 10.4. The number of carbonyl (C=O) groups excluding carboxylic acids is 2. The van der Waals surface area contributed by atoms with Crippen LogP contribution >= 0.6 is 0 Å². The molecule has 3 aromatic carbocycles. The van der Waals surface area contributed by atoms with Gasteiger partial charge in [-0.25, -0.2) is 4.79 Å². The molecule has 5 heteroatoms. The third-order valence-electron chi connectivity index (χ3n) is 4.92. The van der Waals surface area contributed by atoms with Crippen molar-refractivity contribution in [1.29, 1.82) is 0 Å². The van der Waals surface area contributed by atoms with Crippen molar-refractivity contribution in [2.45, 2.75) is 33.8 Å². The number of ether oxygens (including phenoxy) is 2. The molecule has 0 atom stereocenters. The van der Waals surface area contributed by atoms with Crippen LogP contribution in [0, 0.1) is 13.8 Å². The molecule has 0 aliphatic rings. The molecule has 0 spiro atoms. The van der Waals surface area contributed by atoms with E-state index in [9.17, 15) is 9.59 Å². The second-order valence-electron chi connectivity index (χ2n) is 7.36. The van der Waals surface area contributed by atoms with Crippen LogP contribution in [0.15, 0.2) is 66.7 Å². The number of anilines is 1. The van der Waals surface area contributed by atoms with Gasteiger partial charge in [-0.3, -0.25) is 4.79 Å². The SMILES string of the molecule is CCc1cccc(C)c1NC(=O)COC(=O)c1ccccc1OCc1cccc(C)c1. The number of para-hydroxylation sites is 2. The summed E-state index contributed by atoms with van der Waals surface area (Å²) in [6, 6.07) is 20.7. The predicted molar refractivity (Wildman–Crippen MR) is 121 cm³/mol. The highest BCUT2D eigenvalue weighted by atomic mass is 16.5. The largest absolute Gasteiger partial charge is 0.488 e. The van der Waals surface area contributed by atoms with E-state index in [0.717, 1.165) is 34.4 Å². The number of hydrogen-bond donors (Lipinski definition) is 1. The van der Waals surface area contributed by atoms with Gasteiger partial charge in [0.1, 0.15) is 17.9 Å². The summed E-state index contributed by atoms with van der Waals surface area (Å²) >= 11 is 0. The number of nitrogens with one attached hydrogen (secondary N) is 1. The molecule has 0 heterocycles. The first-order valence-electron chi connectivity index (χ1n) is 10.3. The third-order valence-corrected chi connectivity index (χ3v) is 4.92. The van der Waals surface area contributed by atoms with Crippen molar-refractivity contribution in [3.05, 3.63) is 94.5 Å². The van der Waals surface area contributed by atoms with E-state index in [0.29, 0.717) is 12.4 Å². The number of rotatable bonds is 8. The van der Waals surface area contributed by atoms with Crippen molar-refractivity contribution in [2.24, 2.45) is 0 Å². The fraction of sp³-hybridized carbons (Fsp3) is 0.231. The summed E-state index contributed by atoms with van der Waals surface area (Å²) in [7, 11) is 0. The average molecular weight is 418 g/mol. The van der Waals surface area contributed by atoms with Crippen molar-refractivity contribution in [3.8, 4) is 5.75 Å². The summed E-state index contributed by atoms with van der Waals surface area (Å²) in [5, 5.41) is 2.86. The van der Waals surface area contributed by atoms with Crippen LogP contribution in [0.3, 0.4) is 0 Å². The standard InChI is InChI=1S/C26H27NO4/c1-4-21-12-8-10-19(3)25(21)27-24(28)17-31-26(29)22-13-5-6-14-23(22)30-16-20-11-7-9-18(2)15-20/h5-15H,4,16-17H2,1-3H3,(H,27,28). The quantitative estimate of drug-likeness (QED) is 0.509. The van der Waals surface area contributed by atoms with E-state index in [4.69, 9.17) is 9.47 Å². The summed E-state index contributed by atoms with van der Waals surface area (Å²) in [5.74, 6) is -0.562. The molecule has 3 rings (SSSR count). The Bertz CT molecular complexity index is 1070. The maximum absolute atomic E-state index is 12.6. The Kier molecular flexibility index (Phi) is 7.44. The molecule has 0 saturated carbocycles. The van der Waals surface area contributed by atoms with Crippen molar-refractivity contribution in [3.63, 3.8) is 0 Å². The van der Waals surface area contributed by atoms with E-state index in [2.05, 4.69) is 5.32 Å². The average Bonchev–Trinajstić information content (AvgIpc) is 2.77. The van der Waals surface area contributed by atoms with Crippen molar-refractivity contribution < 1.29 is 19.1 Å². The van der Waals surface area contributed by atoms with Gasteiger partial charge < -0.3 is 14.8 Å². The first kappa shape index (κ1) is 22.1. The molecule has 160 valence electrons. The van der Waals surface area contributed by atoms with Crippen LogP contribution in [-0.2, 0) is 22.6 Å². The summed E-state index contributed by atoms with van der Waals surface area (Å²) in [6.45, 7) is 5.93. The summed E-state index contributed by atoms with van der Waals surface area (Å²) < 4.78 is 11.1. The third kappa shape index (κ3) is 5.95. The Balaban J connectivity index is 1.61. The Morgan fingerprint density at radius 2 is 1.71 bits per heavy atom. The van der Waals surface area contributed by atoms with Gasteiger partial charge in [0.25, 0.3) is 5.91 Å². The van der Waals surface area contributed by atoms with E-state index in [1.54, 1.807) is 24.3 Å². The number of esters is 1. The molecule has 31 heavy (non-hydrogen) atoms. The first-order chi connectivity index (χ1) is 15.0. The maximum Gasteiger partial charge on any atom is 0.342 e. The minimum Gasteiger partial charge on any atom is -0.488 e. The van der Waals surface area contributed by atoms with Gasteiger partial charge in [-0.15, -0.1) is 0 Å². The molecule has 0 saturated heterocycles. The molecule has 0 unspecified atom stereocenters. The Morgan fingerprint density at radius 3 is 2.48 bits per heavy atom. The van der Waals surface area contributed by atoms with Gasteiger partial charge in [-0.1, -0.05) is 67.1 Å². The van der Waals surface area contributed by atoms with Gasteiger partial charge in [0, 0.05) is 5.69 Å². The molecule has 1 amide bonds. The molecule has 0 aromatic heterocycles. The molecule has 0 fully saturated rings. The van der Waals surface area contributed by atoms with E-state index in [1.807, 2.05) is 63.2 Å². The van der Waals surface area contributed by atoms with Crippen LogP contribution in [-0.4, -0.2) is 18.5 Å². The Hall–Kier alpha value is -3.60. The minimum absolute atomic E-state index is 0.285. The van der Waals surface area contributed by atoms with Crippen molar-refractivity contribution in [1.82, 2.24) is 0 Å². The second-order valence-corrected chi connectivity index (χ2v) is 7.36. The van der Waals surface area contributed by atoms with E-state index >= 15 is 0 Å². The highest BCUT2D eigenvalue weighted by Crippen LogP contribution is 2.22.